The molecule has 0 N–H and O–H groups in total. The van der Waals surface area contributed by atoms with Gasteiger partial charge in [-0.1, -0.05) is 0 Å². The van der Waals surface area contributed by atoms with Crippen LogP contribution in [-0.4, -0.2) is 11.9 Å². The molecule has 1 atom stereocenters. The Morgan fingerprint density at radius 2 is 2.22 bits per heavy atom. The second-order valence-electron chi connectivity index (χ2n) is 4.64. The summed E-state index contributed by atoms with van der Waals surface area (Å²) in [6, 6.07) is 2.13. The average Bonchev–Trinajstić information content (AvgIpc) is 2.79. The number of thiophene rings is 1. The van der Waals surface area contributed by atoms with Crippen LogP contribution in [0.15, 0.2) is 37.3 Å². The number of carbonyl (C=O) groups is 1. The lowest BCUT2D eigenvalue weighted by Gasteiger charge is -2.25. The van der Waals surface area contributed by atoms with Crippen molar-refractivity contribution in [3.8, 4) is 0 Å². The summed E-state index contributed by atoms with van der Waals surface area (Å²) in [6.07, 6.45) is 5.02. The van der Waals surface area contributed by atoms with Crippen molar-refractivity contribution in [1.82, 2.24) is 0 Å². The fraction of sp³-hybridized carbons (Fsp3) is 0.462. The van der Waals surface area contributed by atoms with Crippen LogP contribution in [0.3, 0.4) is 0 Å². The summed E-state index contributed by atoms with van der Waals surface area (Å²) in [5, 5.41) is 10.1. The molecule has 94 valence electrons. The van der Waals surface area contributed by atoms with E-state index in [0.29, 0.717) is 0 Å². The van der Waals surface area contributed by atoms with E-state index in [-0.39, 0.29) is 11.9 Å². The molecule has 3 rings (SSSR count). The van der Waals surface area contributed by atoms with E-state index in [9.17, 15) is 4.79 Å². The van der Waals surface area contributed by atoms with Gasteiger partial charge in [0.05, 0.1) is 6.04 Å². The maximum Gasteiger partial charge on any atom is 0.291 e. The summed E-state index contributed by atoms with van der Waals surface area (Å²) >= 11 is 5.28. The van der Waals surface area contributed by atoms with Gasteiger partial charge in [-0.25, -0.2) is 0 Å². The largest absolute Gasteiger partial charge is 0.291 e. The molecule has 1 amide bonds. The zero-order valence-corrected chi connectivity index (χ0v) is 12.3. The summed E-state index contributed by atoms with van der Waals surface area (Å²) in [5.41, 5.74) is 2.18. The van der Waals surface area contributed by atoms with Gasteiger partial charge in [0.15, 0.2) is 0 Å². The molecule has 0 radical (unpaired) electrons. The van der Waals surface area contributed by atoms with E-state index in [1.807, 2.05) is 0 Å². The molecule has 2 aliphatic rings. The van der Waals surface area contributed by atoms with Crippen LogP contribution in [0, 0.1) is 0 Å². The predicted molar refractivity (Wildman–Crippen MR) is 74.9 cm³/mol. The number of carbonyl (C=O) groups excluding carboxylic acids is 1. The second-order valence-corrected chi connectivity index (χ2v) is 6.50. The molecular formula is C13H13BrN2OS. The van der Waals surface area contributed by atoms with Crippen molar-refractivity contribution in [2.24, 2.45) is 10.2 Å². The quantitative estimate of drug-likeness (QED) is 0.800. The fourth-order valence-electron chi connectivity index (χ4n) is 2.60. The van der Waals surface area contributed by atoms with E-state index in [2.05, 4.69) is 37.6 Å². The third-order valence-corrected chi connectivity index (χ3v) is 5.48. The zero-order valence-electron chi connectivity index (χ0n) is 9.86. The van der Waals surface area contributed by atoms with E-state index >= 15 is 0 Å². The van der Waals surface area contributed by atoms with Crippen LogP contribution in [-0.2, 0) is 11.2 Å². The zero-order chi connectivity index (χ0) is 12.5. The monoisotopic (exact) mass is 324 g/mol. The van der Waals surface area contributed by atoms with Gasteiger partial charge < -0.3 is 0 Å². The molecule has 3 nitrogen and oxygen atoms in total. The Balaban J connectivity index is 1.88. The molecule has 2 heterocycles. The number of halogens is 1. The van der Waals surface area contributed by atoms with Crippen LogP contribution in [0.25, 0.3) is 0 Å². The molecule has 0 aromatic carbocycles. The van der Waals surface area contributed by atoms with Crippen LogP contribution in [0.2, 0.25) is 0 Å². The van der Waals surface area contributed by atoms with Gasteiger partial charge in [-0.05, 0) is 58.6 Å². The molecule has 1 aromatic rings. The molecule has 1 aromatic heterocycles. The van der Waals surface area contributed by atoms with Crippen molar-refractivity contribution < 1.29 is 4.79 Å². The van der Waals surface area contributed by atoms with Crippen LogP contribution >= 0.6 is 27.3 Å². The fourth-order valence-corrected chi connectivity index (χ4v) is 4.16. The van der Waals surface area contributed by atoms with Crippen LogP contribution in [0.1, 0.15) is 30.6 Å². The molecule has 1 aliphatic heterocycles. The van der Waals surface area contributed by atoms with E-state index in [4.69, 9.17) is 0 Å². The summed E-state index contributed by atoms with van der Waals surface area (Å²) in [4.78, 5) is 13.0. The van der Waals surface area contributed by atoms with Crippen molar-refractivity contribution in [2.75, 3.05) is 0 Å². The Labute approximate surface area is 118 Å². The van der Waals surface area contributed by atoms with E-state index in [1.54, 1.807) is 11.3 Å². The normalized spacial score (nSPS) is 23.4. The van der Waals surface area contributed by atoms with Crippen LogP contribution in [0.5, 0.6) is 0 Å². The van der Waals surface area contributed by atoms with Gasteiger partial charge in [0.2, 0.25) is 0 Å². The Bertz CT molecular complexity index is 547. The van der Waals surface area contributed by atoms with Gasteiger partial charge in [-0.2, -0.15) is 5.11 Å². The maximum absolute atomic E-state index is 11.7. The van der Waals surface area contributed by atoms with Gasteiger partial charge in [0, 0.05) is 21.3 Å². The number of azo groups is 1. The highest BCUT2D eigenvalue weighted by atomic mass is 79.9. The lowest BCUT2D eigenvalue weighted by atomic mass is 9.85. The molecule has 0 saturated carbocycles. The van der Waals surface area contributed by atoms with E-state index in [1.165, 1.54) is 16.9 Å². The molecule has 5 heteroatoms. The third kappa shape index (κ3) is 2.21. The number of rotatable bonds is 2. The summed E-state index contributed by atoms with van der Waals surface area (Å²) in [7, 11) is 0. The Kier molecular flexibility index (Phi) is 3.43. The lowest BCUT2D eigenvalue weighted by Crippen LogP contribution is -2.23. The number of hydrogen-bond donors (Lipinski definition) is 0. The SMILES string of the molecule is O=C1N=NC(Cc2sccc2Br)C2=C1CCCC2. The van der Waals surface area contributed by atoms with Crippen molar-refractivity contribution in [2.45, 2.75) is 38.1 Å². The first-order valence-electron chi connectivity index (χ1n) is 6.14. The number of nitrogens with zero attached hydrogens (tertiary/aromatic N) is 2. The lowest BCUT2D eigenvalue weighted by molar-refractivity contribution is -0.115. The standard InChI is InChI=1S/C13H13BrN2OS/c14-10-5-6-18-12(10)7-11-8-3-1-2-4-9(8)13(17)16-15-11/h5-6,11H,1-4,7H2. The first-order valence-corrected chi connectivity index (χ1v) is 7.82. The Morgan fingerprint density at radius 1 is 1.39 bits per heavy atom. The Hall–Kier alpha value is -0.810. The summed E-state index contributed by atoms with van der Waals surface area (Å²) in [5.74, 6) is -0.105. The van der Waals surface area contributed by atoms with E-state index in [0.717, 1.165) is 35.7 Å². The average molecular weight is 325 g/mol. The van der Waals surface area contributed by atoms with Crippen molar-refractivity contribution in [3.63, 3.8) is 0 Å². The van der Waals surface area contributed by atoms with Crippen LogP contribution in [0.4, 0.5) is 0 Å². The van der Waals surface area contributed by atoms with Crippen molar-refractivity contribution in [1.29, 1.82) is 0 Å². The summed E-state index contributed by atoms with van der Waals surface area (Å²) in [6.45, 7) is 0. The molecule has 18 heavy (non-hydrogen) atoms. The topological polar surface area (TPSA) is 41.8 Å². The van der Waals surface area contributed by atoms with Gasteiger partial charge in [0.1, 0.15) is 0 Å². The predicted octanol–water partition coefficient (Wildman–Crippen LogP) is 4.28. The minimum Gasteiger partial charge on any atom is -0.265 e. The maximum atomic E-state index is 11.7. The molecule has 1 aliphatic carbocycles. The smallest absolute Gasteiger partial charge is 0.265 e. The molecule has 1 unspecified atom stereocenters. The van der Waals surface area contributed by atoms with Gasteiger partial charge in [-0.15, -0.1) is 16.5 Å². The highest BCUT2D eigenvalue weighted by Gasteiger charge is 2.29. The molecule has 0 fully saturated rings. The molecule has 0 spiro atoms. The second kappa shape index (κ2) is 5.05. The van der Waals surface area contributed by atoms with Crippen molar-refractivity contribution in [3.05, 3.63) is 31.9 Å². The molecule has 0 saturated heterocycles. The summed E-state index contributed by atoms with van der Waals surface area (Å²) < 4.78 is 1.14. The number of hydrogen-bond acceptors (Lipinski definition) is 3. The van der Waals surface area contributed by atoms with E-state index < -0.39 is 0 Å². The number of amides is 1. The highest BCUT2D eigenvalue weighted by molar-refractivity contribution is 9.10. The Morgan fingerprint density at radius 3 is 3.00 bits per heavy atom. The third-order valence-electron chi connectivity index (χ3n) is 3.53. The minimum absolute atomic E-state index is 0.0768. The van der Waals surface area contributed by atoms with Gasteiger partial charge in [0.25, 0.3) is 5.91 Å². The van der Waals surface area contributed by atoms with Crippen molar-refractivity contribution >= 4 is 33.2 Å². The molecule has 0 bridgehead atoms. The first-order chi connectivity index (χ1) is 8.75. The highest BCUT2D eigenvalue weighted by Crippen LogP contribution is 2.35. The van der Waals surface area contributed by atoms with Gasteiger partial charge >= 0.3 is 0 Å². The van der Waals surface area contributed by atoms with Crippen LogP contribution < -0.4 is 0 Å². The van der Waals surface area contributed by atoms with Gasteiger partial charge in [-0.3, -0.25) is 4.79 Å². The molecular weight excluding hydrogens is 312 g/mol. The minimum atomic E-state index is -0.105. The first kappa shape index (κ1) is 12.2.